The molecule has 0 fully saturated rings. The molecule has 0 spiro atoms. The fraction of sp³-hybridized carbons (Fsp3) is 0.375. The first-order valence-electron chi connectivity index (χ1n) is 6.73. The highest BCUT2D eigenvalue weighted by molar-refractivity contribution is 9.10. The molecule has 0 unspecified atom stereocenters. The van der Waals surface area contributed by atoms with Crippen LogP contribution in [0.5, 0.6) is 5.75 Å². The van der Waals surface area contributed by atoms with Gasteiger partial charge in [-0.25, -0.2) is 0 Å². The molecule has 2 aromatic rings. The normalized spacial score (nSPS) is 11.7. The fourth-order valence-electron chi connectivity index (χ4n) is 1.74. The average Bonchev–Trinajstić information content (AvgIpc) is 2.82. The van der Waals surface area contributed by atoms with Gasteiger partial charge in [-0.1, -0.05) is 11.6 Å². The lowest BCUT2D eigenvalue weighted by atomic mass is 10.1. The number of hydrogen-bond donors (Lipinski definition) is 1. The van der Waals surface area contributed by atoms with Gasteiger partial charge in [-0.05, 0) is 61.0 Å². The number of benzene rings is 1. The van der Waals surface area contributed by atoms with E-state index in [0.717, 1.165) is 21.5 Å². The second-order valence-electron chi connectivity index (χ2n) is 5.84. The van der Waals surface area contributed by atoms with Crippen LogP contribution in [0.15, 0.2) is 39.4 Å². The molecule has 0 bridgehead atoms. The van der Waals surface area contributed by atoms with E-state index >= 15 is 0 Å². The largest absolute Gasteiger partial charge is 0.488 e. The highest BCUT2D eigenvalue weighted by atomic mass is 79.9. The van der Waals surface area contributed by atoms with Crippen molar-refractivity contribution in [3.63, 3.8) is 0 Å². The molecule has 5 heteroatoms. The van der Waals surface area contributed by atoms with Crippen LogP contribution in [-0.2, 0) is 13.2 Å². The number of rotatable bonds is 5. The fourth-order valence-corrected chi connectivity index (χ4v) is 2.54. The van der Waals surface area contributed by atoms with Crippen molar-refractivity contribution in [3.05, 3.63) is 51.3 Å². The Balaban J connectivity index is 1.99. The van der Waals surface area contributed by atoms with E-state index in [-0.39, 0.29) is 5.54 Å². The van der Waals surface area contributed by atoms with Crippen LogP contribution in [0.25, 0.3) is 0 Å². The third-order valence-corrected chi connectivity index (χ3v) is 3.75. The summed E-state index contributed by atoms with van der Waals surface area (Å²) in [4.78, 5) is 0. The molecule has 0 aliphatic heterocycles. The van der Waals surface area contributed by atoms with Crippen LogP contribution < -0.4 is 10.1 Å². The van der Waals surface area contributed by atoms with Gasteiger partial charge >= 0.3 is 0 Å². The number of furan rings is 1. The summed E-state index contributed by atoms with van der Waals surface area (Å²) in [5.41, 5.74) is 1.08. The zero-order chi connectivity index (χ0) is 15.5. The Labute approximate surface area is 138 Å². The summed E-state index contributed by atoms with van der Waals surface area (Å²) in [5.74, 6) is 1.66. The van der Waals surface area contributed by atoms with E-state index in [1.165, 1.54) is 0 Å². The van der Waals surface area contributed by atoms with Gasteiger partial charge < -0.3 is 14.5 Å². The van der Waals surface area contributed by atoms with Gasteiger partial charge in [0.1, 0.15) is 18.1 Å². The van der Waals surface area contributed by atoms with E-state index in [0.29, 0.717) is 18.2 Å². The third kappa shape index (κ3) is 5.06. The predicted molar refractivity (Wildman–Crippen MR) is 88.8 cm³/mol. The second-order valence-corrected chi connectivity index (χ2v) is 7.13. The van der Waals surface area contributed by atoms with Crippen LogP contribution in [0.1, 0.15) is 32.1 Å². The first-order chi connectivity index (χ1) is 9.85. The third-order valence-electron chi connectivity index (χ3n) is 2.89. The highest BCUT2D eigenvalue weighted by Crippen LogP contribution is 2.29. The van der Waals surface area contributed by atoms with Crippen molar-refractivity contribution in [2.75, 3.05) is 0 Å². The molecule has 0 aliphatic carbocycles. The Kier molecular flexibility index (Phi) is 5.36. The molecular formula is C16H19BrClNO2. The Morgan fingerprint density at radius 3 is 2.71 bits per heavy atom. The Morgan fingerprint density at radius 2 is 2.05 bits per heavy atom. The van der Waals surface area contributed by atoms with Gasteiger partial charge in [-0.3, -0.25) is 0 Å². The zero-order valence-electron chi connectivity index (χ0n) is 12.4. The van der Waals surface area contributed by atoms with Gasteiger partial charge in [-0.15, -0.1) is 0 Å². The van der Waals surface area contributed by atoms with Crippen molar-refractivity contribution < 1.29 is 9.15 Å². The Bertz CT molecular complexity index is 605. The average molecular weight is 373 g/mol. The monoisotopic (exact) mass is 371 g/mol. The number of nitrogens with one attached hydrogen (secondary N) is 1. The number of halogens is 2. The van der Waals surface area contributed by atoms with Crippen LogP contribution >= 0.6 is 27.5 Å². The SMILES string of the molecule is CC(C)(C)NCc1occc1COc1ccc(Cl)cc1Br. The molecule has 1 heterocycles. The maximum atomic E-state index is 5.92. The summed E-state index contributed by atoms with van der Waals surface area (Å²) in [6.07, 6.45) is 1.69. The van der Waals surface area contributed by atoms with Crippen molar-refractivity contribution in [1.29, 1.82) is 0 Å². The van der Waals surface area contributed by atoms with E-state index in [4.69, 9.17) is 20.8 Å². The summed E-state index contributed by atoms with van der Waals surface area (Å²) in [5, 5.41) is 4.08. The van der Waals surface area contributed by atoms with Crippen molar-refractivity contribution >= 4 is 27.5 Å². The van der Waals surface area contributed by atoms with Crippen LogP contribution in [0.4, 0.5) is 0 Å². The minimum Gasteiger partial charge on any atom is -0.488 e. The first-order valence-corrected chi connectivity index (χ1v) is 7.90. The molecule has 0 aliphatic rings. The van der Waals surface area contributed by atoms with Gasteiger partial charge in [0.05, 0.1) is 17.3 Å². The maximum Gasteiger partial charge on any atom is 0.134 e. The lowest BCUT2D eigenvalue weighted by Gasteiger charge is -2.20. The topological polar surface area (TPSA) is 34.4 Å². The molecule has 114 valence electrons. The highest BCUT2D eigenvalue weighted by Gasteiger charge is 2.13. The van der Waals surface area contributed by atoms with Crippen molar-refractivity contribution in [2.45, 2.75) is 39.5 Å². The van der Waals surface area contributed by atoms with Crippen LogP contribution in [0.3, 0.4) is 0 Å². The summed E-state index contributed by atoms with van der Waals surface area (Å²) in [6.45, 7) is 7.50. The van der Waals surface area contributed by atoms with Gasteiger partial charge in [0.2, 0.25) is 0 Å². The van der Waals surface area contributed by atoms with Gasteiger partial charge in [-0.2, -0.15) is 0 Å². The smallest absolute Gasteiger partial charge is 0.134 e. The molecule has 0 saturated carbocycles. The molecule has 1 aromatic heterocycles. The van der Waals surface area contributed by atoms with Crippen LogP contribution in [-0.4, -0.2) is 5.54 Å². The lowest BCUT2D eigenvalue weighted by molar-refractivity contribution is 0.297. The minimum atomic E-state index is 0.0458. The molecule has 1 aromatic carbocycles. The molecule has 3 nitrogen and oxygen atoms in total. The summed E-state index contributed by atoms with van der Waals surface area (Å²) < 4.78 is 12.2. The second kappa shape index (κ2) is 6.86. The van der Waals surface area contributed by atoms with E-state index in [1.807, 2.05) is 18.2 Å². The number of hydrogen-bond acceptors (Lipinski definition) is 3. The van der Waals surface area contributed by atoms with Crippen molar-refractivity contribution in [1.82, 2.24) is 5.32 Å². The Morgan fingerprint density at radius 1 is 1.29 bits per heavy atom. The van der Waals surface area contributed by atoms with Gasteiger partial charge in [0.25, 0.3) is 0 Å². The quantitative estimate of drug-likeness (QED) is 0.787. The molecule has 0 saturated heterocycles. The van der Waals surface area contributed by atoms with E-state index < -0.39 is 0 Å². The van der Waals surface area contributed by atoms with Crippen molar-refractivity contribution in [3.8, 4) is 5.75 Å². The number of ether oxygens (including phenoxy) is 1. The van der Waals surface area contributed by atoms with Gasteiger partial charge in [0.15, 0.2) is 0 Å². The minimum absolute atomic E-state index is 0.0458. The molecule has 2 rings (SSSR count). The Hall–Kier alpha value is -0.970. The van der Waals surface area contributed by atoms with E-state index in [9.17, 15) is 0 Å². The first kappa shape index (κ1) is 16.4. The zero-order valence-corrected chi connectivity index (χ0v) is 14.7. The molecule has 1 N–H and O–H groups in total. The summed E-state index contributed by atoms with van der Waals surface area (Å²) in [6, 6.07) is 7.40. The molecule has 0 amide bonds. The van der Waals surface area contributed by atoms with Gasteiger partial charge in [0, 0.05) is 16.1 Å². The van der Waals surface area contributed by atoms with Crippen molar-refractivity contribution in [2.24, 2.45) is 0 Å². The molecule has 0 atom stereocenters. The van der Waals surface area contributed by atoms with E-state index in [2.05, 4.69) is 42.0 Å². The van der Waals surface area contributed by atoms with E-state index in [1.54, 1.807) is 12.3 Å². The predicted octanol–water partition coefficient (Wildman–Crippen LogP) is 5.16. The summed E-state index contributed by atoms with van der Waals surface area (Å²) in [7, 11) is 0. The summed E-state index contributed by atoms with van der Waals surface area (Å²) >= 11 is 9.36. The van der Waals surface area contributed by atoms with Crippen LogP contribution in [0, 0.1) is 0 Å². The standard InChI is InChI=1S/C16H19BrClNO2/c1-16(2,3)19-9-15-11(6-7-20-15)10-21-14-5-4-12(18)8-13(14)17/h4-8,19H,9-10H2,1-3H3. The molecular weight excluding hydrogens is 354 g/mol. The molecule has 21 heavy (non-hydrogen) atoms. The lowest BCUT2D eigenvalue weighted by Crippen LogP contribution is -2.35. The molecule has 0 radical (unpaired) electrons. The van der Waals surface area contributed by atoms with Crippen LogP contribution in [0.2, 0.25) is 5.02 Å². The maximum absolute atomic E-state index is 5.92.